The first-order valence-corrected chi connectivity index (χ1v) is 5.35. The van der Waals surface area contributed by atoms with E-state index in [2.05, 4.69) is 12.2 Å². The van der Waals surface area contributed by atoms with Crippen molar-refractivity contribution in [1.82, 2.24) is 5.32 Å². The van der Waals surface area contributed by atoms with E-state index in [9.17, 15) is 4.79 Å². The zero-order chi connectivity index (χ0) is 10.6. The summed E-state index contributed by atoms with van der Waals surface area (Å²) in [4.78, 5) is 11.1. The fourth-order valence-electron chi connectivity index (χ4n) is 0.999. The van der Waals surface area contributed by atoms with Gasteiger partial charge in [-0.25, -0.2) is 0 Å². The molecule has 0 aliphatic carbocycles. The molecule has 0 unspecified atom stereocenters. The molecule has 3 N–H and O–H groups in total. The molecule has 14 heavy (non-hydrogen) atoms. The molecule has 0 aliphatic rings. The van der Waals surface area contributed by atoms with Gasteiger partial charge in [-0.05, 0) is 25.8 Å². The molecule has 0 heterocycles. The van der Waals surface area contributed by atoms with Gasteiger partial charge in [0, 0.05) is 26.2 Å². The second kappa shape index (κ2) is 10.5. The predicted molar refractivity (Wildman–Crippen MR) is 57.0 cm³/mol. The van der Waals surface area contributed by atoms with E-state index < -0.39 is 0 Å². The predicted octanol–water partition coefficient (Wildman–Crippen LogP) is 0.658. The number of hydrogen-bond donors (Lipinski definition) is 2. The van der Waals surface area contributed by atoms with Crippen LogP contribution in [0, 0.1) is 0 Å². The Bertz CT molecular complexity index is 140. The molecule has 0 bridgehead atoms. The number of ether oxygens (including phenoxy) is 1. The molecule has 0 aromatic heterocycles. The molecule has 4 nitrogen and oxygen atoms in total. The largest absolute Gasteiger partial charge is 0.381 e. The molecule has 0 aromatic carbocycles. The summed E-state index contributed by atoms with van der Waals surface area (Å²) < 4.78 is 5.27. The maximum Gasteiger partial charge on any atom is 0.220 e. The number of carbonyl (C=O) groups excluding carboxylic acids is 1. The lowest BCUT2D eigenvalue weighted by Crippen LogP contribution is -2.25. The van der Waals surface area contributed by atoms with Crippen molar-refractivity contribution in [3.8, 4) is 0 Å². The highest BCUT2D eigenvalue weighted by atomic mass is 16.5. The van der Waals surface area contributed by atoms with E-state index in [1.165, 1.54) is 0 Å². The first kappa shape index (κ1) is 13.4. The summed E-state index contributed by atoms with van der Waals surface area (Å²) in [5, 5.41) is 2.82. The van der Waals surface area contributed by atoms with Crippen molar-refractivity contribution in [2.24, 2.45) is 5.73 Å². The Hall–Kier alpha value is -0.610. The van der Waals surface area contributed by atoms with Crippen LogP contribution in [0.1, 0.15) is 32.6 Å². The molecule has 0 fully saturated rings. The molecule has 0 spiro atoms. The maximum absolute atomic E-state index is 11.1. The molecule has 0 atom stereocenters. The summed E-state index contributed by atoms with van der Waals surface area (Å²) >= 11 is 0. The third kappa shape index (κ3) is 9.48. The Morgan fingerprint density at radius 3 is 2.79 bits per heavy atom. The number of nitrogens with two attached hydrogens (primary N) is 1. The Morgan fingerprint density at radius 1 is 1.36 bits per heavy atom. The Balaban J connectivity index is 3.07. The fraction of sp³-hybridized carbons (Fsp3) is 0.900. The molecule has 0 saturated carbocycles. The van der Waals surface area contributed by atoms with Crippen LogP contribution in [-0.4, -0.2) is 32.2 Å². The lowest BCUT2D eigenvalue weighted by Gasteiger charge is -2.04. The number of nitrogens with one attached hydrogen (secondary N) is 1. The molecule has 84 valence electrons. The third-order valence-electron chi connectivity index (χ3n) is 1.74. The van der Waals surface area contributed by atoms with Crippen LogP contribution in [0.15, 0.2) is 0 Å². The Kier molecular flexibility index (Phi) is 10.0. The number of carbonyl (C=O) groups is 1. The molecule has 0 rings (SSSR count). The molecule has 0 aromatic rings. The monoisotopic (exact) mass is 202 g/mol. The second-order valence-corrected chi connectivity index (χ2v) is 3.21. The average molecular weight is 202 g/mol. The highest BCUT2D eigenvalue weighted by Crippen LogP contribution is 1.87. The van der Waals surface area contributed by atoms with Crippen LogP contribution in [0.2, 0.25) is 0 Å². The zero-order valence-electron chi connectivity index (χ0n) is 9.05. The van der Waals surface area contributed by atoms with Crippen LogP contribution in [0.4, 0.5) is 0 Å². The smallest absolute Gasteiger partial charge is 0.220 e. The van der Waals surface area contributed by atoms with Gasteiger partial charge in [-0.3, -0.25) is 4.79 Å². The minimum absolute atomic E-state index is 0.0888. The van der Waals surface area contributed by atoms with Crippen LogP contribution in [0.25, 0.3) is 0 Å². The zero-order valence-corrected chi connectivity index (χ0v) is 9.05. The van der Waals surface area contributed by atoms with Gasteiger partial charge in [-0.15, -0.1) is 0 Å². The van der Waals surface area contributed by atoms with Crippen molar-refractivity contribution in [3.05, 3.63) is 0 Å². The van der Waals surface area contributed by atoms with Crippen LogP contribution < -0.4 is 11.1 Å². The van der Waals surface area contributed by atoms with Gasteiger partial charge in [0.25, 0.3) is 0 Å². The maximum atomic E-state index is 11.1. The van der Waals surface area contributed by atoms with Crippen molar-refractivity contribution >= 4 is 5.91 Å². The van der Waals surface area contributed by atoms with Crippen LogP contribution in [-0.2, 0) is 9.53 Å². The number of hydrogen-bond acceptors (Lipinski definition) is 3. The van der Waals surface area contributed by atoms with Crippen LogP contribution in [0.3, 0.4) is 0 Å². The van der Waals surface area contributed by atoms with E-state index >= 15 is 0 Å². The van der Waals surface area contributed by atoms with E-state index in [1.807, 2.05) is 0 Å². The van der Waals surface area contributed by atoms with Gasteiger partial charge in [0.15, 0.2) is 0 Å². The van der Waals surface area contributed by atoms with Gasteiger partial charge >= 0.3 is 0 Å². The van der Waals surface area contributed by atoms with E-state index in [0.717, 1.165) is 32.5 Å². The minimum Gasteiger partial charge on any atom is -0.381 e. The Morgan fingerprint density at radius 2 is 2.14 bits per heavy atom. The summed E-state index contributed by atoms with van der Waals surface area (Å²) in [6, 6.07) is 0. The quantitative estimate of drug-likeness (QED) is 0.540. The van der Waals surface area contributed by atoms with Gasteiger partial charge in [-0.1, -0.05) is 6.92 Å². The lowest BCUT2D eigenvalue weighted by molar-refractivity contribution is -0.121. The van der Waals surface area contributed by atoms with Crippen molar-refractivity contribution in [1.29, 1.82) is 0 Å². The van der Waals surface area contributed by atoms with Gasteiger partial charge in [0.2, 0.25) is 5.91 Å². The van der Waals surface area contributed by atoms with Gasteiger partial charge in [0.1, 0.15) is 0 Å². The van der Waals surface area contributed by atoms with Crippen molar-refractivity contribution < 1.29 is 9.53 Å². The van der Waals surface area contributed by atoms with Gasteiger partial charge < -0.3 is 15.8 Å². The van der Waals surface area contributed by atoms with E-state index in [1.54, 1.807) is 0 Å². The minimum atomic E-state index is 0.0888. The SMILES string of the molecule is CCCOCCCNC(=O)CCCN. The summed E-state index contributed by atoms with van der Waals surface area (Å²) in [5.74, 6) is 0.0888. The number of amides is 1. The second-order valence-electron chi connectivity index (χ2n) is 3.21. The van der Waals surface area contributed by atoms with E-state index in [4.69, 9.17) is 10.5 Å². The number of rotatable bonds is 9. The molecule has 0 radical (unpaired) electrons. The van der Waals surface area contributed by atoms with Gasteiger partial charge in [-0.2, -0.15) is 0 Å². The summed E-state index contributed by atoms with van der Waals surface area (Å²) in [7, 11) is 0. The first-order valence-electron chi connectivity index (χ1n) is 5.35. The average Bonchev–Trinajstić information content (AvgIpc) is 2.20. The highest BCUT2D eigenvalue weighted by molar-refractivity contribution is 5.75. The normalized spacial score (nSPS) is 10.1. The highest BCUT2D eigenvalue weighted by Gasteiger charge is 1.98. The molecule has 0 aliphatic heterocycles. The molecule has 4 heteroatoms. The summed E-state index contributed by atoms with van der Waals surface area (Å²) in [5.41, 5.74) is 5.29. The lowest BCUT2D eigenvalue weighted by atomic mass is 10.3. The molecular weight excluding hydrogens is 180 g/mol. The molecular formula is C10H22N2O2. The molecule has 0 saturated heterocycles. The topological polar surface area (TPSA) is 64.3 Å². The first-order chi connectivity index (χ1) is 6.81. The third-order valence-corrected chi connectivity index (χ3v) is 1.74. The summed E-state index contributed by atoms with van der Waals surface area (Å²) in [6.07, 6.45) is 3.22. The molecule has 1 amide bonds. The van der Waals surface area contributed by atoms with Gasteiger partial charge in [0.05, 0.1) is 0 Å². The van der Waals surface area contributed by atoms with E-state index in [0.29, 0.717) is 19.5 Å². The fourth-order valence-corrected chi connectivity index (χ4v) is 0.999. The summed E-state index contributed by atoms with van der Waals surface area (Å²) in [6.45, 7) is 4.89. The van der Waals surface area contributed by atoms with Crippen LogP contribution >= 0.6 is 0 Å². The Labute approximate surface area is 86.2 Å². The van der Waals surface area contributed by atoms with Crippen molar-refractivity contribution in [3.63, 3.8) is 0 Å². The van der Waals surface area contributed by atoms with Crippen molar-refractivity contribution in [2.75, 3.05) is 26.3 Å². The van der Waals surface area contributed by atoms with Crippen molar-refractivity contribution in [2.45, 2.75) is 32.6 Å². The van der Waals surface area contributed by atoms with E-state index in [-0.39, 0.29) is 5.91 Å². The standard InChI is InChI=1S/C10H22N2O2/c1-2-8-14-9-4-7-12-10(13)5-3-6-11/h2-9,11H2,1H3,(H,12,13). The van der Waals surface area contributed by atoms with Crippen LogP contribution in [0.5, 0.6) is 0 Å².